The van der Waals surface area contributed by atoms with Gasteiger partial charge in [0, 0.05) is 6.61 Å². The summed E-state index contributed by atoms with van der Waals surface area (Å²) in [5.41, 5.74) is 5.54. The van der Waals surface area contributed by atoms with Crippen LogP contribution in [0.25, 0.3) is 0 Å². The Morgan fingerprint density at radius 1 is 1.23 bits per heavy atom. The van der Waals surface area contributed by atoms with Gasteiger partial charge in [0.25, 0.3) is 0 Å². The number of sulfone groups is 1. The molecule has 1 saturated carbocycles. The lowest BCUT2D eigenvalue weighted by Gasteiger charge is -2.46. The average Bonchev–Trinajstić information content (AvgIpc) is 2.30. The van der Waals surface area contributed by atoms with Crippen molar-refractivity contribution < 1.29 is 13.5 Å². The summed E-state index contributed by atoms with van der Waals surface area (Å²) in [6, 6.07) is 0. The highest BCUT2D eigenvalue weighted by atomic mass is 32.2. The first-order valence-electron chi connectivity index (χ1n) is 4.60. The molecule has 0 spiro atoms. The van der Waals surface area contributed by atoms with E-state index < -0.39 is 9.84 Å². The van der Waals surface area contributed by atoms with Crippen LogP contribution in [0.1, 0.15) is 0 Å². The molecule has 1 saturated heterocycles. The van der Waals surface area contributed by atoms with Crippen molar-refractivity contribution in [1.29, 1.82) is 0 Å². The molecule has 2 fully saturated rings. The fourth-order valence-electron chi connectivity index (χ4n) is 2.89. The van der Waals surface area contributed by atoms with Crippen molar-refractivity contribution in [3.63, 3.8) is 0 Å². The van der Waals surface area contributed by atoms with Gasteiger partial charge in [-0.15, -0.1) is 0 Å². The molecule has 4 nitrogen and oxygen atoms in total. The van der Waals surface area contributed by atoms with E-state index in [0.717, 1.165) is 0 Å². The quantitative estimate of drug-likeness (QED) is 0.596. The summed E-state index contributed by atoms with van der Waals surface area (Å²) in [6.07, 6.45) is 0. The van der Waals surface area contributed by atoms with E-state index >= 15 is 0 Å². The zero-order chi connectivity index (χ0) is 9.64. The van der Waals surface area contributed by atoms with Crippen LogP contribution in [0.4, 0.5) is 0 Å². The third-order valence-electron chi connectivity index (χ3n) is 3.58. The molecule has 1 aliphatic heterocycles. The van der Waals surface area contributed by atoms with E-state index in [-0.39, 0.29) is 41.8 Å². The summed E-state index contributed by atoms with van der Waals surface area (Å²) in [5, 5.41) is 9.05. The zero-order valence-electron chi connectivity index (χ0n) is 7.39. The highest BCUT2D eigenvalue weighted by Crippen LogP contribution is 2.50. The Balaban J connectivity index is 2.15. The minimum Gasteiger partial charge on any atom is -0.396 e. The van der Waals surface area contributed by atoms with Crippen LogP contribution in [-0.4, -0.2) is 38.2 Å². The fraction of sp³-hybridized carbons (Fsp3) is 1.00. The number of rotatable bonds is 2. The second kappa shape index (κ2) is 2.93. The van der Waals surface area contributed by atoms with Crippen LogP contribution in [0.2, 0.25) is 0 Å². The van der Waals surface area contributed by atoms with Gasteiger partial charge in [0.1, 0.15) is 0 Å². The van der Waals surface area contributed by atoms with Gasteiger partial charge in [-0.05, 0) is 30.2 Å². The topological polar surface area (TPSA) is 80.4 Å². The van der Waals surface area contributed by atoms with Gasteiger partial charge in [0.15, 0.2) is 9.84 Å². The van der Waals surface area contributed by atoms with Crippen LogP contribution in [0.5, 0.6) is 0 Å². The van der Waals surface area contributed by atoms with E-state index in [1.54, 1.807) is 0 Å². The molecule has 2 aliphatic rings. The summed E-state index contributed by atoms with van der Waals surface area (Å²) in [6.45, 7) is 0.584. The molecule has 0 bridgehead atoms. The Kier molecular flexibility index (Phi) is 2.13. The van der Waals surface area contributed by atoms with Crippen LogP contribution in [0.3, 0.4) is 0 Å². The summed E-state index contributed by atoms with van der Waals surface area (Å²) >= 11 is 0. The Labute approximate surface area is 78.0 Å². The maximum atomic E-state index is 11.3. The molecule has 0 aromatic heterocycles. The van der Waals surface area contributed by atoms with Gasteiger partial charge < -0.3 is 10.8 Å². The highest BCUT2D eigenvalue weighted by molar-refractivity contribution is 7.91. The maximum Gasteiger partial charge on any atom is 0.150 e. The van der Waals surface area contributed by atoms with Gasteiger partial charge in [-0.25, -0.2) is 8.42 Å². The molecule has 3 N–H and O–H groups in total. The molecule has 0 aromatic carbocycles. The fourth-order valence-corrected chi connectivity index (χ4v) is 5.19. The monoisotopic (exact) mass is 205 g/mol. The summed E-state index contributed by atoms with van der Waals surface area (Å²) in [4.78, 5) is 0. The Morgan fingerprint density at radius 2 is 1.77 bits per heavy atom. The molecular formula is C8H15NO3S. The summed E-state index contributed by atoms with van der Waals surface area (Å²) in [5.74, 6) is 1.32. The predicted octanol–water partition coefficient (Wildman–Crippen LogP) is -1.16. The molecule has 0 unspecified atom stereocenters. The Bertz CT molecular complexity index is 277. The van der Waals surface area contributed by atoms with Crippen molar-refractivity contribution in [2.75, 3.05) is 24.7 Å². The molecule has 0 radical (unpaired) electrons. The van der Waals surface area contributed by atoms with Crippen LogP contribution < -0.4 is 5.73 Å². The molecule has 4 atom stereocenters. The minimum atomic E-state index is -2.83. The Hall–Kier alpha value is -0.130. The van der Waals surface area contributed by atoms with Crippen molar-refractivity contribution in [3.8, 4) is 0 Å². The van der Waals surface area contributed by atoms with E-state index in [2.05, 4.69) is 0 Å². The second-order valence-electron chi connectivity index (χ2n) is 4.15. The zero-order valence-corrected chi connectivity index (χ0v) is 8.20. The van der Waals surface area contributed by atoms with Crippen LogP contribution in [0.15, 0.2) is 0 Å². The molecule has 0 aromatic rings. The molecule has 76 valence electrons. The van der Waals surface area contributed by atoms with E-state index in [9.17, 15) is 8.42 Å². The standard InChI is InChI=1S/C8H15NO3S/c9-1-5-6(2-10)8-4-13(11,12)3-7(5)8/h5-8,10H,1-4,9H2/t5-,6+,7+,8+/m1/s1. The number of hydrogen-bond donors (Lipinski definition) is 2. The van der Waals surface area contributed by atoms with Gasteiger partial charge in [-0.1, -0.05) is 0 Å². The summed E-state index contributed by atoms with van der Waals surface area (Å²) < 4.78 is 22.6. The number of fused-ring (bicyclic) bond motifs is 1. The first-order chi connectivity index (χ1) is 6.09. The molecular weight excluding hydrogens is 190 g/mol. The van der Waals surface area contributed by atoms with E-state index in [0.29, 0.717) is 6.54 Å². The van der Waals surface area contributed by atoms with Crippen molar-refractivity contribution >= 4 is 9.84 Å². The number of hydrogen-bond acceptors (Lipinski definition) is 4. The molecule has 2 rings (SSSR count). The van der Waals surface area contributed by atoms with E-state index in [1.807, 2.05) is 0 Å². The molecule has 13 heavy (non-hydrogen) atoms. The van der Waals surface area contributed by atoms with Crippen molar-refractivity contribution in [2.24, 2.45) is 29.4 Å². The smallest absolute Gasteiger partial charge is 0.150 e. The van der Waals surface area contributed by atoms with Gasteiger partial charge in [0.05, 0.1) is 11.5 Å². The molecule has 5 heteroatoms. The normalized spacial score (nSPS) is 46.9. The highest BCUT2D eigenvalue weighted by Gasteiger charge is 2.55. The van der Waals surface area contributed by atoms with Gasteiger partial charge in [0.2, 0.25) is 0 Å². The van der Waals surface area contributed by atoms with Gasteiger partial charge in [-0.3, -0.25) is 0 Å². The SMILES string of the molecule is NC[C@@H]1[C@H](CO)[C@@H]2CS(=O)(=O)C[C@@H]12. The lowest BCUT2D eigenvalue weighted by Crippen LogP contribution is -2.51. The van der Waals surface area contributed by atoms with Crippen LogP contribution >= 0.6 is 0 Å². The molecule has 1 aliphatic carbocycles. The van der Waals surface area contributed by atoms with E-state index in [1.165, 1.54) is 0 Å². The second-order valence-corrected chi connectivity index (χ2v) is 6.30. The number of aliphatic hydroxyl groups excluding tert-OH is 1. The first kappa shape index (κ1) is 9.43. The summed E-state index contributed by atoms with van der Waals surface area (Å²) in [7, 11) is -2.83. The van der Waals surface area contributed by atoms with E-state index in [4.69, 9.17) is 10.8 Å². The number of aliphatic hydroxyl groups is 1. The van der Waals surface area contributed by atoms with Gasteiger partial charge in [-0.2, -0.15) is 0 Å². The molecule has 0 amide bonds. The Morgan fingerprint density at radius 3 is 2.23 bits per heavy atom. The number of nitrogens with two attached hydrogens (primary N) is 1. The van der Waals surface area contributed by atoms with Crippen LogP contribution in [-0.2, 0) is 9.84 Å². The lowest BCUT2D eigenvalue weighted by molar-refractivity contribution is -0.0169. The predicted molar refractivity (Wildman–Crippen MR) is 48.8 cm³/mol. The third kappa shape index (κ3) is 1.30. The van der Waals surface area contributed by atoms with Crippen molar-refractivity contribution in [1.82, 2.24) is 0 Å². The maximum absolute atomic E-state index is 11.3. The lowest BCUT2D eigenvalue weighted by atomic mass is 9.58. The van der Waals surface area contributed by atoms with Crippen LogP contribution in [0, 0.1) is 23.7 Å². The van der Waals surface area contributed by atoms with Crippen molar-refractivity contribution in [2.45, 2.75) is 0 Å². The third-order valence-corrected chi connectivity index (χ3v) is 5.36. The minimum absolute atomic E-state index is 0.0819. The van der Waals surface area contributed by atoms with Gasteiger partial charge >= 0.3 is 0 Å². The largest absolute Gasteiger partial charge is 0.396 e. The average molecular weight is 205 g/mol. The first-order valence-corrected chi connectivity index (χ1v) is 6.42. The molecule has 1 heterocycles. The van der Waals surface area contributed by atoms with Crippen molar-refractivity contribution in [3.05, 3.63) is 0 Å².